The van der Waals surface area contributed by atoms with Crippen LogP contribution in [0.25, 0.3) is 0 Å². The Hall–Kier alpha value is -1.52. The molecule has 0 aliphatic heterocycles. The molecule has 0 fully saturated rings. The molecule has 1 atom stereocenters. The Morgan fingerprint density at radius 2 is 2.32 bits per heavy atom. The Morgan fingerprint density at radius 3 is 2.95 bits per heavy atom. The zero-order valence-corrected chi connectivity index (χ0v) is 11.9. The Labute approximate surface area is 118 Å². The number of nitrogens with zero attached hydrogens (tertiary/aromatic N) is 2. The van der Waals surface area contributed by atoms with Crippen molar-refractivity contribution in [3.63, 3.8) is 0 Å². The molecule has 1 aromatic carbocycles. The minimum absolute atomic E-state index is 0.274. The van der Waals surface area contributed by atoms with Crippen molar-refractivity contribution in [2.75, 3.05) is 13.7 Å². The molecule has 2 rings (SSSR count). The topological polar surface area (TPSA) is 39.1 Å². The third-order valence-corrected chi connectivity index (χ3v) is 3.32. The molecular formula is C14H18ClN3O. The van der Waals surface area contributed by atoms with Crippen molar-refractivity contribution in [1.29, 1.82) is 0 Å². The normalized spacial score (nSPS) is 12.4. The highest BCUT2D eigenvalue weighted by Crippen LogP contribution is 2.27. The summed E-state index contributed by atoms with van der Waals surface area (Å²) in [5, 5.41) is 7.93. The van der Waals surface area contributed by atoms with Gasteiger partial charge in [-0.1, -0.05) is 17.7 Å². The molecule has 1 N–H and O–H groups in total. The quantitative estimate of drug-likeness (QED) is 0.884. The van der Waals surface area contributed by atoms with Gasteiger partial charge in [-0.3, -0.25) is 4.68 Å². The fourth-order valence-electron chi connectivity index (χ4n) is 1.75. The Morgan fingerprint density at radius 1 is 1.47 bits per heavy atom. The van der Waals surface area contributed by atoms with Crippen LogP contribution in [-0.2, 0) is 6.54 Å². The average molecular weight is 280 g/mol. The van der Waals surface area contributed by atoms with Crippen LogP contribution in [0.4, 0.5) is 0 Å². The van der Waals surface area contributed by atoms with E-state index in [0.717, 1.165) is 5.56 Å². The van der Waals surface area contributed by atoms with Crippen LogP contribution >= 0.6 is 11.6 Å². The second-order valence-electron chi connectivity index (χ2n) is 4.32. The van der Waals surface area contributed by atoms with E-state index in [-0.39, 0.29) is 6.04 Å². The summed E-state index contributed by atoms with van der Waals surface area (Å²) in [5.74, 6) is 0.709. The average Bonchev–Trinajstić information content (AvgIpc) is 2.93. The van der Waals surface area contributed by atoms with E-state index in [0.29, 0.717) is 23.9 Å². The van der Waals surface area contributed by atoms with Gasteiger partial charge in [-0.25, -0.2) is 0 Å². The molecule has 1 unspecified atom stereocenters. The summed E-state index contributed by atoms with van der Waals surface area (Å²) in [5.41, 5.74) is 1.15. The van der Waals surface area contributed by atoms with Gasteiger partial charge in [0.15, 0.2) is 0 Å². The number of aromatic nitrogens is 2. The molecule has 0 aliphatic carbocycles. The van der Waals surface area contributed by atoms with Crippen LogP contribution in [0.15, 0.2) is 36.7 Å². The van der Waals surface area contributed by atoms with E-state index in [1.54, 1.807) is 6.20 Å². The van der Waals surface area contributed by atoms with Gasteiger partial charge in [0.1, 0.15) is 12.4 Å². The molecule has 102 valence electrons. The molecule has 0 bridgehead atoms. The second kappa shape index (κ2) is 6.59. The van der Waals surface area contributed by atoms with E-state index >= 15 is 0 Å². The van der Waals surface area contributed by atoms with Crippen LogP contribution in [0.1, 0.15) is 18.5 Å². The van der Waals surface area contributed by atoms with Crippen LogP contribution in [0.2, 0.25) is 5.02 Å². The van der Waals surface area contributed by atoms with Gasteiger partial charge in [-0.15, -0.1) is 0 Å². The largest absolute Gasteiger partial charge is 0.490 e. The first kappa shape index (κ1) is 13.9. The minimum Gasteiger partial charge on any atom is -0.490 e. The van der Waals surface area contributed by atoms with Crippen LogP contribution in [0.3, 0.4) is 0 Å². The van der Waals surface area contributed by atoms with Gasteiger partial charge in [-0.05, 0) is 37.7 Å². The first-order chi connectivity index (χ1) is 9.20. The van der Waals surface area contributed by atoms with Gasteiger partial charge < -0.3 is 10.1 Å². The molecule has 5 heteroatoms. The van der Waals surface area contributed by atoms with E-state index in [2.05, 4.69) is 17.3 Å². The van der Waals surface area contributed by atoms with Crippen molar-refractivity contribution in [2.45, 2.75) is 19.5 Å². The van der Waals surface area contributed by atoms with Crippen LogP contribution in [-0.4, -0.2) is 23.4 Å². The number of nitrogens with one attached hydrogen (secondary N) is 1. The maximum absolute atomic E-state index is 6.22. The number of ether oxygens (including phenoxy) is 1. The minimum atomic E-state index is 0.274. The number of hydrogen-bond donors (Lipinski definition) is 1. The zero-order chi connectivity index (χ0) is 13.7. The summed E-state index contributed by atoms with van der Waals surface area (Å²) < 4.78 is 7.49. The van der Waals surface area contributed by atoms with E-state index in [9.17, 15) is 0 Å². The van der Waals surface area contributed by atoms with Crippen molar-refractivity contribution in [1.82, 2.24) is 15.1 Å². The van der Waals surface area contributed by atoms with E-state index in [1.807, 2.05) is 42.2 Å². The fourth-order valence-corrected chi connectivity index (χ4v) is 2.00. The third-order valence-electron chi connectivity index (χ3n) is 3.03. The lowest BCUT2D eigenvalue weighted by Crippen LogP contribution is -2.12. The molecule has 0 amide bonds. The summed E-state index contributed by atoms with van der Waals surface area (Å²) in [6.45, 7) is 3.34. The maximum atomic E-state index is 6.22. The summed E-state index contributed by atoms with van der Waals surface area (Å²) in [7, 11) is 1.92. The van der Waals surface area contributed by atoms with Gasteiger partial charge in [0.2, 0.25) is 0 Å². The number of halogens is 1. The molecule has 1 aromatic heterocycles. The number of hydrogen-bond acceptors (Lipinski definition) is 3. The van der Waals surface area contributed by atoms with Gasteiger partial charge in [0, 0.05) is 18.4 Å². The smallest absolute Gasteiger partial charge is 0.138 e. The van der Waals surface area contributed by atoms with Crippen molar-refractivity contribution >= 4 is 11.6 Å². The second-order valence-corrected chi connectivity index (χ2v) is 4.73. The van der Waals surface area contributed by atoms with Gasteiger partial charge in [0.05, 0.1) is 11.6 Å². The zero-order valence-electron chi connectivity index (χ0n) is 11.1. The summed E-state index contributed by atoms with van der Waals surface area (Å²) in [4.78, 5) is 0. The summed E-state index contributed by atoms with van der Waals surface area (Å²) in [6, 6.07) is 8.04. The predicted molar refractivity (Wildman–Crippen MR) is 76.6 cm³/mol. The Balaban J connectivity index is 1.93. The number of rotatable bonds is 6. The highest BCUT2D eigenvalue weighted by atomic mass is 35.5. The summed E-state index contributed by atoms with van der Waals surface area (Å²) >= 11 is 6.22. The van der Waals surface area contributed by atoms with E-state index in [1.165, 1.54) is 0 Å². The molecule has 4 nitrogen and oxygen atoms in total. The molecule has 0 radical (unpaired) electrons. The maximum Gasteiger partial charge on any atom is 0.138 e. The van der Waals surface area contributed by atoms with Gasteiger partial charge in [-0.2, -0.15) is 5.10 Å². The SMILES string of the molecule is CNC(C)c1ccc(OCCn2cccn2)c(Cl)c1. The van der Waals surface area contributed by atoms with Crippen molar-refractivity contribution in [3.05, 3.63) is 47.2 Å². The molecule has 0 aliphatic rings. The molecule has 2 aromatic rings. The molecule has 0 saturated carbocycles. The highest BCUT2D eigenvalue weighted by molar-refractivity contribution is 6.32. The first-order valence-electron chi connectivity index (χ1n) is 6.27. The van der Waals surface area contributed by atoms with Gasteiger partial charge >= 0.3 is 0 Å². The monoisotopic (exact) mass is 279 g/mol. The molecular weight excluding hydrogens is 262 g/mol. The molecule has 0 saturated heterocycles. The molecule has 1 heterocycles. The molecule has 0 spiro atoms. The Bertz CT molecular complexity index is 513. The lowest BCUT2D eigenvalue weighted by atomic mass is 10.1. The van der Waals surface area contributed by atoms with Crippen LogP contribution < -0.4 is 10.1 Å². The van der Waals surface area contributed by atoms with Gasteiger partial charge in [0.25, 0.3) is 0 Å². The fraction of sp³-hybridized carbons (Fsp3) is 0.357. The van der Waals surface area contributed by atoms with Crippen molar-refractivity contribution in [3.8, 4) is 5.75 Å². The third kappa shape index (κ3) is 3.72. The number of benzene rings is 1. The summed E-state index contributed by atoms with van der Waals surface area (Å²) in [6.07, 6.45) is 3.66. The Kier molecular flexibility index (Phi) is 4.82. The highest BCUT2D eigenvalue weighted by Gasteiger charge is 2.07. The lowest BCUT2D eigenvalue weighted by molar-refractivity contribution is 0.291. The first-order valence-corrected chi connectivity index (χ1v) is 6.65. The molecule has 19 heavy (non-hydrogen) atoms. The van der Waals surface area contributed by atoms with E-state index in [4.69, 9.17) is 16.3 Å². The lowest BCUT2D eigenvalue weighted by Gasteiger charge is -2.13. The van der Waals surface area contributed by atoms with Crippen molar-refractivity contribution in [2.24, 2.45) is 0 Å². The predicted octanol–water partition coefficient (Wildman–Crippen LogP) is 2.90. The van der Waals surface area contributed by atoms with Crippen molar-refractivity contribution < 1.29 is 4.74 Å². The standard InChI is InChI=1S/C14H18ClN3O/c1-11(16-2)12-4-5-14(13(15)10-12)19-9-8-18-7-3-6-17-18/h3-7,10-11,16H,8-9H2,1-2H3. The van der Waals surface area contributed by atoms with Crippen LogP contribution in [0.5, 0.6) is 5.75 Å². The van der Waals surface area contributed by atoms with E-state index < -0.39 is 0 Å². The van der Waals surface area contributed by atoms with Crippen LogP contribution in [0, 0.1) is 0 Å².